The monoisotopic (exact) mass is 526 g/mol. The number of carbonyl (C=O) groups excluding carboxylic acids is 2. The average Bonchev–Trinajstić information content (AvgIpc) is 3.53. The smallest absolute Gasteiger partial charge is 0.255 e. The van der Waals surface area contributed by atoms with Gasteiger partial charge in [0.15, 0.2) is 0 Å². The normalized spacial score (nSPS) is 16.9. The maximum atomic E-state index is 13.9. The molecular weight excluding hydrogens is 496 g/mol. The van der Waals surface area contributed by atoms with Crippen molar-refractivity contribution in [1.82, 2.24) is 14.8 Å². The maximum Gasteiger partial charge on any atom is 0.255 e. The molecule has 2 amide bonds. The zero-order valence-electron chi connectivity index (χ0n) is 22.2. The molecule has 2 aliphatic rings. The summed E-state index contributed by atoms with van der Waals surface area (Å²) < 4.78 is 0. The van der Waals surface area contributed by atoms with Crippen molar-refractivity contribution in [1.29, 1.82) is 0 Å². The maximum absolute atomic E-state index is 13.9. The third-order valence-electron chi connectivity index (χ3n) is 8.20. The summed E-state index contributed by atoms with van der Waals surface area (Å²) in [5.41, 5.74) is 6.85. The Morgan fingerprint density at radius 1 is 0.750 bits per heavy atom. The molecule has 0 saturated carbocycles. The van der Waals surface area contributed by atoms with E-state index < -0.39 is 0 Å². The van der Waals surface area contributed by atoms with E-state index in [1.54, 1.807) is 4.90 Å². The van der Waals surface area contributed by atoms with Gasteiger partial charge in [0, 0.05) is 53.9 Å². The highest BCUT2D eigenvalue weighted by molar-refractivity contribution is 6.03. The number of piperazine rings is 1. The van der Waals surface area contributed by atoms with Gasteiger partial charge in [0.1, 0.15) is 6.54 Å². The number of hydrogen-bond acceptors (Lipinski definition) is 3. The summed E-state index contributed by atoms with van der Waals surface area (Å²) in [6.07, 6.45) is 0. The first-order chi connectivity index (χ1) is 19.7. The van der Waals surface area contributed by atoms with Gasteiger partial charge in [-0.15, -0.1) is 0 Å². The number of aromatic amines is 1. The van der Waals surface area contributed by atoms with E-state index >= 15 is 0 Å². The lowest BCUT2D eigenvalue weighted by molar-refractivity contribution is -0.132. The van der Waals surface area contributed by atoms with Crippen LogP contribution in [0, 0.1) is 0 Å². The number of hydrogen-bond donors (Lipinski definition) is 1. The molecule has 7 rings (SSSR count). The number of fused-ring (bicyclic) bond motifs is 2. The second-order valence-electron chi connectivity index (χ2n) is 10.5. The van der Waals surface area contributed by atoms with E-state index in [9.17, 15) is 9.59 Å². The summed E-state index contributed by atoms with van der Waals surface area (Å²) in [4.78, 5) is 37.2. The van der Waals surface area contributed by atoms with Gasteiger partial charge >= 0.3 is 0 Å². The van der Waals surface area contributed by atoms with Crippen LogP contribution in [0.25, 0.3) is 22.2 Å². The van der Waals surface area contributed by atoms with E-state index in [-0.39, 0.29) is 24.4 Å². The van der Waals surface area contributed by atoms with Crippen molar-refractivity contribution >= 4 is 28.4 Å². The fraction of sp³-hybridized carbons (Fsp3) is 0.176. The van der Waals surface area contributed by atoms with Gasteiger partial charge in [-0.3, -0.25) is 9.59 Å². The number of nitrogens with zero attached hydrogens (tertiary/aromatic N) is 3. The summed E-state index contributed by atoms with van der Waals surface area (Å²) >= 11 is 0. The minimum absolute atomic E-state index is 0.0139. The first-order valence-corrected chi connectivity index (χ1v) is 13.8. The molecular formula is C34H30N4O2. The van der Waals surface area contributed by atoms with Crippen molar-refractivity contribution in [2.45, 2.75) is 6.04 Å². The van der Waals surface area contributed by atoms with Crippen molar-refractivity contribution in [3.05, 3.63) is 126 Å². The standard InChI is InChI=1S/C34H30N4O2/c39-30(37-21-19-36(20-22-37)25-13-5-2-6-14-25)23-38-33(26-15-7-8-16-27(26)34(38)40)31-28-17-9-10-18-29(28)35-32(31)24-11-3-1-4-12-24/h1-18,33,35H,19-23H2/t33-/m0/s1. The van der Waals surface area contributed by atoms with E-state index in [4.69, 9.17) is 0 Å². The fourth-order valence-corrected chi connectivity index (χ4v) is 6.22. The molecule has 1 saturated heterocycles. The van der Waals surface area contributed by atoms with Gasteiger partial charge in [-0.2, -0.15) is 0 Å². The summed E-state index contributed by atoms with van der Waals surface area (Å²) in [6.45, 7) is 2.85. The predicted molar refractivity (Wildman–Crippen MR) is 158 cm³/mol. The molecule has 1 atom stereocenters. The van der Waals surface area contributed by atoms with E-state index in [1.165, 1.54) is 5.69 Å². The summed E-state index contributed by atoms with van der Waals surface area (Å²) in [7, 11) is 0. The van der Waals surface area contributed by atoms with Gasteiger partial charge in [-0.25, -0.2) is 0 Å². The highest BCUT2D eigenvalue weighted by Crippen LogP contribution is 2.45. The molecule has 6 nitrogen and oxygen atoms in total. The number of carbonyl (C=O) groups is 2. The van der Waals surface area contributed by atoms with Gasteiger partial charge < -0.3 is 19.7 Å². The van der Waals surface area contributed by atoms with E-state index in [1.807, 2.05) is 77.7 Å². The molecule has 1 N–H and O–H groups in total. The molecule has 5 aromatic rings. The number of amides is 2. The Bertz CT molecular complexity index is 1690. The second kappa shape index (κ2) is 10.0. The minimum atomic E-state index is -0.371. The molecule has 0 aliphatic carbocycles. The molecule has 1 fully saturated rings. The van der Waals surface area contributed by atoms with Crippen molar-refractivity contribution in [3.8, 4) is 11.3 Å². The molecule has 1 aromatic heterocycles. The first-order valence-electron chi connectivity index (χ1n) is 13.8. The van der Waals surface area contributed by atoms with Crippen LogP contribution in [0.2, 0.25) is 0 Å². The van der Waals surface area contributed by atoms with Crippen LogP contribution < -0.4 is 4.90 Å². The van der Waals surface area contributed by atoms with E-state index in [2.05, 4.69) is 46.3 Å². The lowest BCUT2D eigenvalue weighted by atomic mass is 9.93. The number of para-hydroxylation sites is 2. The summed E-state index contributed by atoms with van der Waals surface area (Å²) in [5.74, 6) is -0.110. The summed E-state index contributed by atoms with van der Waals surface area (Å²) in [5, 5.41) is 1.06. The zero-order valence-corrected chi connectivity index (χ0v) is 22.2. The fourth-order valence-electron chi connectivity index (χ4n) is 6.22. The minimum Gasteiger partial charge on any atom is -0.368 e. The van der Waals surface area contributed by atoms with Crippen LogP contribution >= 0.6 is 0 Å². The Balaban J connectivity index is 1.24. The van der Waals surface area contributed by atoms with Crippen molar-refractivity contribution < 1.29 is 9.59 Å². The number of nitrogens with one attached hydrogen (secondary N) is 1. The molecule has 0 spiro atoms. The molecule has 0 bridgehead atoms. The van der Waals surface area contributed by atoms with Crippen LogP contribution in [0.3, 0.4) is 0 Å². The van der Waals surface area contributed by atoms with Gasteiger partial charge in [-0.1, -0.05) is 84.9 Å². The van der Waals surface area contributed by atoms with Crippen molar-refractivity contribution in [3.63, 3.8) is 0 Å². The number of rotatable bonds is 5. The molecule has 3 heterocycles. The Hall–Kier alpha value is -4.84. The lowest BCUT2D eigenvalue weighted by Crippen LogP contribution is -2.51. The first kappa shape index (κ1) is 24.2. The molecule has 0 unspecified atom stereocenters. The lowest BCUT2D eigenvalue weighted by Gasteiger charge is -2.37. The quantitative estimate of drug-likeness (QED) is 0.318. The molecule has 40 heavy (non-hydrogen) atoms. The van der Waals surface area contributed by atoms with Crippen molar-refractivity contribution in [2.24, 2.45) is 0 Å². The van der Waals surface area contributed by atoms with Crippen LogP contribution in [0.5, 0.6) is 0 Å². The Morgan fingerprint density at radius 2 is 1.40 bits per heavy atom. The molecule has 6 heteroatoms. The van der Waals surface area contributed by atoms with Crippen LogP contribution in [-0.2, 0) is 4.79 Å². The van der Waals surface area contributed by atoms with Crippen LogP contribution in [0.1, 0.15) is 27.5 Å². The molecule has 198 valence electrons. The van der Waals surface area contributed by atoms with Crippen molar-refractivity contribution in [2.75, 3.05) is 37.6 Å². The Morgan fingerprint density at radius 3 is 2.17 bits per heavy atom. The number of anilines is 1. The SMILES string of the molecule is O=C(CN1C(=O)c2ccccc2[C@H]1c1c(-c2ccccc2)[nH]c2ccccc12)N1CCN(c2ccccc2)CC1. The number of aromatic nitrogens is 1. The zero-order chi connectivity index (χ0) is 27.1. The topological polar surface area (TPSA) is 59.7 Å². The number of benzene rings is 4. The van der Waals surface area contributed by atoms with E-state index in [0.29, 0.717) is 18.7 Å². The second-order valence-corrected chi connectivity index (χ2v) is 10.5. The van der Waals surface area contributed by atoms with Crippen LogP contribution in [0.4, 0.5) is 5.69 Å². The third-order valence-corrected chi connectivity index (χ3v) is 8.20. The van der Waals surface area contributed by atoms with Gasteiger partial charge in [0.2, 0.25) is 5.91 Å². The highest BCUT2D eigenvalue weighted by Gasteiger charge is 2.41. The van der Waals surface area contributed by atoms with Crippen LogP contribution in [-0.4, -0.2) is 59.3 Å². The molecule has 0 radical (unpaired) electrons. The Kier molecular flexibility index (Phi) is 6.08. The average molecular weight is 527 g/mol. The largest absolute Gasteiger partial charge is 0.368 e. The molecule has 4 aromatic carbocycles. The third kappa shape index (κ3) is 4.13. The number of H-pyrrole nitrogens is 1. The van der Waals surface area contributed by atoms with Gasteiger partial charge in [0.25, 0.3) is 5.91 Å². The Labute approximate surface area is 233 Å². The van der Waals surface area contributed by atoms with Crippen LogP contribution in [0.15, 0.2) is 109 Å². The summed E-state index contributed by atoms with van der Waals surface area (Å²) in [6, 6.07) is 36.1. The van der Waals surface area contributed by atoms with Gasteiger partial charge in [-0.05, 0) is 35.4 Å². The van der Waals surface area contributed by atoms with Gasteiger partial charge in [0.05, 0.1) is 11.7 Å². The molecule has 2 aliphatic heterocycles. The predicted octanol–water partition coefficient (Wildman–Crippen LogP) is 5.73. The van der Waals surface area contributed by atoms with E-state index in [0.717, 1.165) is 46.4 Å². The highest BCUT2D eigenvalue weighted by atomic mass is 16.2.